The molecule has 1 aromatic carbocycles. The van der Waals surface area contributed by atoms with E-state index in [9.17, 15) is 0 Å². The van der Waals surface area contributed by atoms with Gasteiger partial charge in [-0.05, 0) is 74.9 Å². The highest BCUT2D eigenvalue weighted by molar-refractivity contribution is 5.18. The molecule has 0 aliphatic heterocycles. The van der Waals surface area contributed by atoms with Gasteiger partial charge in [0.2, 0.25) is 0 Å². The summed E-state index contributed by atoms with van der Waals surface area (Å²) in [6.07, 6.45) is 8.21. The summed E-state index contributed by atoms with van der Waals surface area (Å²) in [7, 11) is 0. The fourth-order valence-electron chi connectivity index (χ4n) is 3.35. The summed E-state index contributed by atoms with van der Waals surface area (Å²) in [4.78, 5) is 0. The Labute approximate surface area is 123 Å². The smallest absolute Gasteiger partial charge is 0.0295 e. The molecule has 2 nitrogen and oxygen atoms in total. The van der Waals surface area contributed by atoms with E-state index >= 15 is 0 Å². The van der Waals surface area contributed by atoms with Crippen molar-refractivity contribution in [1.82, 2.24) is 5.32 Å². The second kappa shape index (κ2) is 6.73. The fourth-order valence-corrected chi connectivity index (χ4v) is 3.35. The summed E-state index contributed by atoms with van der Waals surface area (Å²) in [5.74, 6) is 3.10. The van der Waals surface area contributed by atoms with Crippen LogP contribution in [-0.4, -0.2) is 13.1 Å². The predicted octanol–water partition coefficient (Wildman–Crippen LogP) is 3.49. The third-order valence-corrected chi connectivity index (χ3v) is 4.93. The van der Waals surface area contributed by atoms with E-state index in [0.717, 1.165) is 30.7 Å². The van der Waals surface area contributed by atoms with Crippen LogP contribution in [0, 0.1) is 17.8 Å². The Morgan fingerprint density at radius 3 is 2.30 bits per heavy atom. The predicted molar refractivity (Wildman–Crippen MR) is 84.4 cm³/mol. The van der Waals surface area contributed by atoms with Crippen LogP contribution >= 0.6 is 0 Å². The second-order valence-electron chi connectivity index (χ2n) is 6.70. The molecule has 0 bridgehead atoms. The molecule has 2 heteroatoms. The largest absolute Gasteiger partial charge is 0.324 e. The molecule has 0 amide bonds. The lowest BCUT2D eigenvalue weighted by Crippen LogP contribution is -2.27. The van der Waals surface area contributed by atoms with Gasteiger partial charge < -0.3 is 11.1 Å². The van der Waals surface area contributed by atoms with Gasteiger partial charge >= 0.3 is 0 Å². The molecule has 2 saturated carbocycles. The standard InChI is InChI=1S/C18H28N2/c19-18(16-5-2-1-3-6-16)7-4-12-20-13-17(14-8-9-14)15-10-11-15/h1-3,5-6,14-15,17-18,20H,4,7-13,19H2. The summed E-state index contributed by atoms with van der Waals surface area (Å²) < 4.78 is 0. The van der Waals surface area contributed by atoms with Crippen molar-refractivity contribution < 1.29 is 0 Å². The van der Waals surface area contributed by atoms with Gasteiger partial charge in [0.1, 0.15) is 0 Å². The van der Waals surface area contributed by atoms with Crippen LogP contribution in [0.3, 0.4) is 0 Å². The minimum absolute atomic E-state index is 0.195. The minimum atomic E-state index is 0.195. The summed E-state index contributed by atoms with van der Waals surface area (Å²) in [6.45, 7) is 2.37. The zero-order valence-corrected chi connectivity index (χ0v) is 12.4. The van der Waals surface area contributed by atoms with Crippen LogP contribution in [0.4, 0.5) is 0 Å². The molecule has 0 heterocycles. The summed E-state index contributed by atoms with van der Waals surface area (Å²) in [6, 6.07) is 10.7. The molecule has 0 spiro atoms. The van der Waals surface area contributed by atoms with Crippen molar-refractivity contribution in [2.45, 2.75) is 44.6 Å². The first-order valence-corrected chi connectivity index (χ1v) is 8.36. The first-order valence-electron chi connectivity index (χ1n) is 8.36. The molecule has 0 saturated heterocycles. The molecule has 3 N–H and O–H groups in total. The van der Waals surface area contributed by atoms with Crippen LogP contribution in [0.15, 0.2) is 30.3 Å². The van der Waals surface area contributed by atoms with Gasteiger partial charge in [-0.25, -0.2) is 0 Å². The number of nitrogens with two attached hydrogens (primary N) is 1. The van der Waals surface area contributed by atoms with Gasteiger partial charge in [-0.2, -0.15) is 0 Å². The first-order chi connectivity index (χ1) is 9.84. The van der Waals surface area contributed by atoms with E-state index in [-0.39, 0.29) is 6.04 Å². The normalized spacial score (nSPS) is 20.3. The van der Waals surface area contributed by atoms with E-state index in [4.69, 9.17) is 5.73 Å². The van der Waals surface area contributed by atoms with Gasteiger partial charge in [0, 0.05) is 6.04 Å². The minimum Gasteiger partial charge on any atom is -0.324 e. The van der Waals surface area contributed by atoms with E-state index in [1.807, 2.05) is 6.07 Å². The van der Waals surface area contributed by atoms with E-state index in [1.165, 1.54) is 44.2 Å². The molecule has 0 aromatic heterocycles. The van der Waals surface area contributed by atoms with Crippen LogP contribution in [0.2, 0.25) is 0 Å². The van der Waals surface area contributed by atoms with Crippen molar-refractivity contribution in [3.8, 4) is 0 Å². The van der Waals surface area contributed by atoms with Crippen molar-refractivity contribution in [2.75, 3.05) is 13.1 Å². The molecule has 3 rings (SSSR count). The molecule has 2 aliphatic rings. The lowest BCUT2D eigenvalue weighted by Gasteiger charge is -2.17. The molecule has 0 radical (unpaired) electrons. The van der Waals surface area contributed by atoms with Crippen molar-refractivity contribution in [3.63, 3.8) is 0 Å². The van der Waals surface area contributed by atoms with Crippen LogP contribution in [0.5, 0.6) is 0 Å². The van der Waals surface area contributed by atoms with Crippen molar-refractivity contribution in [1.29, 1.82) is 0 Å². The van der Waals surface area contributed by atoms with Gasteiger partial charge in [0.05, 0.1) is 0 Å². The Bertz CT molecular complexity index is 383. The Morgan fingerprint density at radius 2 is 1.70 bits per heavy atom. The Morgan fingerprint density at radius 1 is 1.05 bits per heavy atom. The zero-order chi connectivity index (χ0) is 13.8. The van der Waals surface area contributed by atoms with Crippen LogP contribution in [-0.2, 0) is 0 Å². The van der Waals surface area contributed by atoms with Crippen LogP contribution < -0.4 is 11.1 Å². The molecular weight excluding hydrogens is 244 g/mol. The van der Waals surface area contributed by atoms with Crippen molar-refractivity contribution in [3.05, 3.63) is 35.9 Å². The highest BCUT2D eigenvalue weighted by Crippen LogP contribution is 2.48. The van der Waals surface area contributed by atoms with E-state index < -0.39 is 0 Å². The fraction of sp³-hybridized carbons (Fsp3) is 0.667. The molecule has 2 fully saturated rings. The molecule has 1 atom stereocenters. The van der Waals surface area contributed by atoms with Crippen molar-refractivity contribution in [2.24, 2.45) is 23.5 Å². The molecule has 2 aliphatic carbocycles. The molecule has 1 unspecified atom stereocenters. The highest BCUT2D eigenvalue weighted by Gasteiger charge is 2.40. The third kappa shape index (κ3) is 4.07. The topological polar surface area (TPSA) is 38.0 Å². The second-order valence-corrected chi connectivity index (χ2v) is 6.70. The molecular formula is C18H28N2. The van der Waals surface area contributed by atoms with Gasteiger partial charge in [-0.3, -0.25) is 0 Å². The highest BCUT2D eigenvalue weighted by atomic mass is 14.9. The Balaban J connectivity index is 1.30. The quantitative estimate of drug-likeness (QED) is 0.675. The van der Waals surface area contributed by atoms with Crippen molar-refractivity contribution >= 4 is 0 Å². The SMILES string of the molecule is NC(CCCNCC(C1CC1)C1CC1)c1ccccc1. The lowest BCUT2D eigenvalue weighted by atomic mass is 9.98. The zero-order valence-electron chi connectivity index (χ0n) is 12.4. The number of hydrogen-bond acceptors (Lipinski definition) is 2. The summed E-state index contributed by atoms with van der Waals surface area (Å²) in [5, 5.41) is 3.68. The monoisotopic (exact) mass is 272 g/mol. The Hall–Kier alpha value is -0.860. The number of benzene rings is 1. The van der Waals surface area contributed by atoms with Gasteiger partial charge in [-0.15, -0.1) is 0 Å². The lowest BCUT2D eigenvalue weighted by molar-refractivity contribution is 0.376. The number of nitrogens with one attached hydrogen (secondary N) is 1. The van der Waals surface area contributed by atoms with E-state index in [0.29, 0.717) is 0 Å². The number of rotatable bonds is 9. The van der Waals surface area contributed by atoms with Crippen LogP contribution in [0.1, 0.15) is 50.1 Å². The van der Waals surface area contributed by atoms with E-state index in [2.05, 4.69) is 29.6 Å². The number of hydrogen-bond donors (Lipinski definition) is 2. The van der Waals surface area contributed by atoms with Gasteiger partial charge in [-0.1, -0.05) is 30.3 Å². The maximum atomic E-state index is 6.23. The maximum Gasteiger partial charge on any atom is 0.0295 e. The van der Waals surface area contributed by atoms with Crippen LogP contribution in [0.25, 0.3) is 0 Å². The average Bonchev–Trinajstić information content (AvgIpc) is 3.37. The molecule has 20 heavy (non-hydrogen) atoms. The van der Waals surface area contributed by atoms with E-state index in [1.54, 1.807) is 0 Å². The molecule has 110 valence electrons. The first kappa shape index (κ1) is 14.1. The van der Waals surface area contributed by atoms with Gasteiger partial charge in [0.25, 0.3) is 0 Å². The summed E-state index contributed by atoms with van der Waals surface area (Å²) >= 11 is 0. The Kier molecular flexibility index (Phi) is 4.74. The summed E-state index contributed by atoms with van der Waals surface area (Å²) in [5.41, 5.74) is 7.49. The average molecular weight is 272 g/mol. The third-order valence-electron chi connectivity index (χ3n) is 4.93. The molecule has 1 aromatic rings. The maximum absolute atomic E-state index is 6.23. The van der Waals surface area contributed by atoms with Gasteiger partial charge in [0.15, 0.2) is 0 Å².